The number of sulfonamides is 1. The quantitative estimate of drug-likeness (QED) is 0.324. The first-order chi connectivity index (χ1) is 14.3. The average Bonchev–Trinajstić information content (AvgIpc) is 3.20. The van der Waals surface area contributed by atoms with Crippen molar-refractivity contribution in [1.82, 2.24) is 25.3 Å². The number of benzene rings is 1. The molecule has 0 saturated carbocycles. The Morgan fingerprint density at radius 3 is 2.57 bits per heavy atom. The van der Waals surface area contributed by atoms with Crippen LogP contribution in [0.15, 0.2) is 41.7 Å². The van der Waals surface area contributed by atoms with Crippen LogP contribution < -0.4 is 21.1 Å². The van der Waals surface area contributed by atoms with Crippen LogP contribution in [0.5, 0.6) is 0 Å². The topological polar surface area (TPSA) is 159 Å². The van der Waals surface area contributed by atoms with E-state index < -0.39 is 28.0 Å². The summed E-state index contributed by atoms with van der Waals surface area (Å²) in [6.07, 6.45) is 5.39. The molecule has 0 radical (unpaired) electrons. The minimum absolute atomic E-state index is 0.0352. The van der Waals surface area contributed by atoms with Crippen molar-refractivity contribution in [2.24, 2.45) is 5.73 Å². The number of unbranched alkanes of at least 4 members (excludes halogenated alkanes) is 1. The van der Waals surface area contributed by atoms with Gasteiger partial charge in [-0.1, -0.05) is 17.7 Å². The second-order valence-corrected chi connectivity index (χ2v) is 8.53. The number of hydrogen-bond acceptors (Lipinski definition) is 6. The Morgan fingerprint density at radius 2 is 1.93 bits per heavy atom. The molecule has 6 N–H and O–H groups in total. The van der Waals surface area contributed by atoms with E-state index in [0.717, 1.165) is 11.3 Å². The van der Waals surface area contributed by atoms with Crippen LogP contribution in [0.2, 0.25) is 0 Å². The standard InChI is InChI=1S/C19H28N6O4S/c1-14-5-7-16(8-6-14)30(28,29)25-19(27)24-17(4-2-3-10-20)18(26)22-11-9-15-12-21-13-23-15/h5-8,12-13,17H,2-4,9-11,20H2,1H3,(H,21,23)(H,22,26)(H2,24,25,27)/t17-/m0/s1. The van der Waals surface area contributed by atoms with Crippen molar-refractivity contribution in [3.05, 3.63) is 48.0 Å². The van der Waals surface area contributed by atoms with E-state index in [2.05, 4.69) is 20.6 Å². The zero-order valence-electron chi connectivity index (χ0n) is 16.8. The summed E-state index contributed by atoms with van der Waals surface area (Å²) in [4.78, 5) is 31.6. The van der Waals surface area contributed by atoms with Crippen molar-refractivity contribution in [2.75, 3.05) is 13.1 Å². The van der Waals surface area contributed by atoms with Crippen LogP contribution in [0.25, 0.3) is 0 Å². The van der Waals surface area contributed by atoms with Crippen LogP contribution in [0.4, 0.5) is 4.79 Å². The van der Waals surface area contributed by atoms with Gasteiger partial charge in [-0.3, -0.25) is 4.79 Å². The zero-order chi connectivity index (χ0) is 22.0. The van der Waals surface area contributed by atoms with Crippen LogP contribution in [0.3, 0.4) is 0 Å². The molecule has 0 spiro atoms. The van der Waals surface area contributed by atoms with Crippen molar-refractivity contribution in [3.63, 3.8) is 0 Å². The van der Waals surface area contributed by atoms with Crippen molar-refractivity contribution in [2.45, 2.75) is 43.5 Å². The molecular formula is C19H28N6O4S. The van der Waals surface area contributed by atoms with Crippen molar-refractivity contribution >= 4 is 22.0 Å². The normalized spacial score (nSPS) is 12.2. The molecule has 30 heavy (non-hydrogen) atoms. The van der Waals surface area contributed by atoms with Gasteiger partial charge < -0.3 is 21.4 Å². The number of nitrogens with zero attached hydrogens (tertiary/aromatic N) is 1. The number of H-pyrrole nitrogens is 1. The first-order valence-corrected chi connectivity index (χ1v) is 11.1. The van der Waals surface area contributed by atoms with Gasteiger partial charge >= 0.3 is 6.03 Å². The van der Waals surface area contributed by atoms with Gasteiger partial charge in [-0.15, -0.1) is 0 Å². The summed E-state index contributed by atoms with van der Waals surface area (Å²) in [5.41, 5.74) is 7.26. The Kier molecular flexibility index (Phi) is 8.81. The number of nitrogens with two attached hydrogens (primary N) is 1. The molecule has 1 aromatic carbocycles. The van der Waals surface area contributed by atoms with Gasteiger partial charge in [0, 0.05) is 24.9 Å². The third-order valence-electron chi connectivity index (χ3n) is 4.38. The molecule has 1 heterocycles. The number of amides is 3. The van der Waals surface area contributed by atoms with Gasteiger partial charge in [-0.05, 0) is 44.9 Å². The van der Waals surface area contributed by atoms with E-state index >= 15 is 0 Å². The number of aromatic nitrogens is 2. The van der Waals surface area contributed by atoms with E-state index in [1.165, 1.54) is 12.1 Å². The number of aryl methyl sites for hydroxylation is 1. The number of imidazole rings is 1. The Hall–Kier alpha value is -2.92. The molecule has 0 aliphatic carbocycles. The molecule has 0 saturated heterocycles. The lowest BCUT2D eigenvalue weighted by molar-refractivity contribution is -0.123. The lowest BCUT2D eigenvalue weighted by Gasteiger charge is -2.19. The number of hydrogen-bond donors (Lipinski definition) is 5. The highest BCUT2D eigenvalue weighted by Gasteiger charge is 2.23. The van der Waals surface area contributed by atoms with Crippen molar-refractivity contribution < 1.29 is 18.0 Å². The van der Waals surface area contributed by atoms with E-state index in [0.29, 0.717) is 38.8 Å². The number of urea groups is 1. The van der Waals surface area contributed by atoms with Gasteiger partial charge in [0.1, 0.15) is 6.04 Å². The summed E-state index contributed by atoms with van der Waals surface area (Å²) < 4.78 is 26.7. The van der Waals surface area contributed by atoms with Gasteiger partial charge in [0.25, 0.3) is 10.0 Å². The van der Waals surface area contributed by atoms with Crippen LogP contribution in [0, 0.1) is 6.92 Å². The molecule has 11 heteroatoms. The lowest BCUT2D eigenvalue weighted by atomic mass is 10.1. The number of rotatable bonds is 11. The highest BCUT2D eigenvalue weighted by Crippen LogP contribution is 2.10. The maximum atomic E-state index is 12.5. The molecule has 0 unspecified atom stereocenters. The maximum absolute atomic E-state index is 12.5. The molecule has 1 atom stereocenters. The largest absolute Gasteiger partial charge is 0.354 e. The summed E-state index contributed by atoms with van der Waals surface area (Å²) in [6, 6.07) is 4.24. The monoisotopic (exact) mass is 436 g/mol. The first kappa shape index (κ1) is 23.4. The van der Waals surface area contributed by atoms with Crippen LogP contribution in [-0.4, -0.2) is 49.5 Å². The predicted molar refractivity (Wildman–Crippen MR) is 112 cm³/mol. The molecule has 1 aromatic heterocycles. The number of nitrogens with one attached hydrogen (secondary N) is 4. The maximum Gasteiger partial charge on any atom is 0.329 e. The Bertz CT molecular complexity index is 913. The highest BCUT2D eigenvalue weighted by molar-refractivity contribution is 7.90. The summed E-state index contributed by atoms with van der Waals surface area (Å²) in [6.45, 7) is 2.63. The van der Waals surface area contributed by atoms with Crippen molar-refractivity contribution in [1.29, 1.82) is 0 Å². The van der Waals surface area contributed by atoms with Gasteiger partial charge in [-0.25, -0.2) is 22.9 Å². The molecule has 2 rings (SSSR count). The fraction of sp³-hybridized carbons (Fsp3) is 0.421. The van der Waals surface area contributed by atoms with E-state index in [1.54, 1.807) is 24.7 Å². The molecule has 0 aliphatic heterocycles. The average molecular weight is 437 g/mol. The Morgan fingerprint density at radius 1 is 1.20 bits per heavy atom. The van der Waals surface area contributed by atoms with E-state index in [1.807, 2.05) is 11.6 Å². The Labute approximate surface area is 176 Å². The highest BCUT2D eigenvalue weighted by atomic mass is 32.2. The Balaban J connectivity index is 1.94. The minimum Gasteiger partial charge on any atom is -0.354 e. The molecule has 164 valence electrons. The lowest BCUT2D eigenvalue weighted by Crippen LogP contribution is -2.51. The molecular weight excluding hydrogens is 408 g/mol. The number of aromatic amines is 1. The third-order valence-corrected chi connectivity index (χ3v) is 5.72. The van der Waals surface area contributed by atoms with Crippen LogP contribution >= 0.6 is 0 Å². The second kappa shape index (κ2) is 11.3. The van der Waals surface area contributed by atoms with Crippen LogP contribution in [-0.2, 0) is 21.2 Å². The fourth-order valence-electron chi connectivity index (χ4n) is 2.71. The van der Waals surface area contributed by atoms with Gasteiger partial charge in [-0.2, -0.15) is 0 Å². The smallest absolute Gasteiger partial charge is 0.329 e. The van der Waals surface area contributed by atoms with Gasteiger partial charge in [0.05, 0.1) is 11.2 Å². The summed E-state index contributed by atoms with van der Waals surface area (Å²) >= 11 is 0. The number of carbonyl (C=O) groups excluding carboxylic acids is 2. The molecule has 0 bridgehead atoms. The van der Waals surface area contributed by atoms with E-state index in [-0.39, 0.29) is 4.90 Å². The molecule has 0 fully saturated rings. The van der Waals surface area contributed by atoms with E-state index in [4.69, 9.17) is 5.73 Å². The zero-order valence-corrected chi connectivity index (χ0v) is 17.7. The van der Waals surface area contributed by atoms with E-state index in [9.17, 15) is 18.0 Å². The fourth-order valence-corrected chi connectivity index (χ4v) is 3.63. The van der Waals surface area contributed by atoms with Crippen LogP contribution in [0.1, 0.15) is 30.5 Å². The minimum atomic E-state index is -4.04. The molecule has 0 aliphatic rings. The van der Waals surface area contributed by atoms with Gasteiger partial charge in [0.2, 0.25) is 5.91 Å². The van der Waals surface area contributed by atoms with Gasteiger partial charge in [0.15, 0.2) is 0 Å². The summed E-state index contributed by atoms with van der Waals surface area (Å²) in [5, 5.41) is 5.20. The first-order valence-electron chi connectivity index (χ1n) is 9.67. The summed E-state index contributed by atoms with van der Waals surface area (Å²) in [7, 11) is -4.04. The number of carbonyl (C=O) groups is 2. The molecule has 2 aromatic rings. The predicted octanol–water partition coefficient (Wildman–Crippen LogP) is 0.563. The second-order valence-electron chi connectivity index (χ2n) is 6.85. The van der Waals surface area contributed by atoms with Crippen molar-refractivity contribution in [3.8, 4) is 0 Å². The summed E-state index contributed by atoms with van der Waals surface area (Å²) in [5.74, 6) is -0.394. The molecule has 3 amide bonds. The molecule has 10 nitrogen and oxygen atoms in total. The SMILES string of the molecule is Cc1ccc(S(=O)(=O)NC(=O)N[C@@H](CCCCN)C(=O)NCCc2cnc[nH]2)cc1. The third kappa shape index (κ3) is 7.48.